The molecule has 2 aromatic heterocycles. The van der Waals surface area contributed by atoms with Gasteiger partial charge >= 0.3 is 0 Å². The third-order valence-corrected chi connectivity index (χ3v) is 5.10. The van der Waals surface area contributed by atoms with Gasteiger partial charge in [-0.2, -0.15) is 5.10 Å². The first-order chi connectivity index (χ1) is 11.9. The van der Waals surface area contributed by atoms with Crippen LogP contribution < -0.4 is 11.3 Å². The predicted molar refractivity (Wildman–Crippen MR) is 93.2 cm³/mol. The Labute approximate surface area is 142 Å². The molecule has 0 atom stereocenters. The molecule has 0 unspecified atom stereocenters. The van der Waals surface area contributed by atoms with Crippen LogP contribution >= 0.6 is 0 Å². The summed E-state index contributed by atoms with van der Waals surface area (Å²) in [5, 5.41) is 8.20. The molecule has 3 aromatic rings. The number of rotatable bonds is 3. The maximum Gasteiger partial charge on any atom is 0.277 e. The molecule has 132 valence electrons. The van der Waals surface area contributed by atoms with Gasteiger partial charge in [0.25, 0.3) is 11.5 Å². The third kappa shape index (κ3) is 2.54. The minimum atomic E-state index is -3.14. The number of hydrogen-bond donors (Lipinski definition) is 2. The van der Waals surface area contributed by atoms with Crippen LogP contribution in [-0.2, 0) is 19.4 Å². The van der Waals surface area contributed by atoms with Gasteiger partial charge in [0.1, 0.15) is 5.52 Å². The van der Waals surface area contributed by atoms with Crippen LogP contribution in [0.5, 0.6) is 0 Å². The summed E-state index contributed by atoms with van der Waals surface area (Å²) in [7, 11) is 0. The zero-order valence-electron chi connectivity index (χ0n) is 14.0. The van der Waals surface area contributed by atoms with Gasteiger partial charge in [0.15, 0.2) is 0 Å². The molecule has 1 aromatic carbocycles. The minimum Gasteiger partial charge on any atom is -0.325 e. The van der Waals surface area contributed by atoms with Crippen molar-refractivity contribution in [2.45, 2.75) is 45.1 Å². The van der Waals surface area contributed by atoms with Crippen molar-refractivity contribution < 1.29 is 8.78 Å². The van der Waals surface area contributed by atoms with E-state index in [-0.39, 0.29) is 0 Å². The van der Waals surface area contributed by atoms with Crippen molar-refractivity contribution in [2.75, 3.05) is 6.54 Å². The second kappa shape index (κ2) is 5.62. The maximum absolute atomic E-state index is 14.0. The van der Waals surface area contributed by atoms with E-state index in [1.807, 2.05) is 12.1 Å². The Balaban J connectivity index is 2.10. The number of aryl methyl sites for hydroxylation is 3. The molecule has 0 amide bonds. The van der Waals surface area contributed by atoms with Crippen molar-refractivity contribution in [3.63, 3.8) is 0 Å². The smallest absolute Gasteiger partial charge is 0.277 e. The van der Waals surface area contributed by atoms with Crippen LogP contribution in [0.25, 0.3) is 21.8 Å². The molecule has 3 N–H and O–H groups in total. The maximum atomic E-state index is 14.0. The standard InChI is InChI=1S/C18H20F2N4O/c1-10-15-16(23-22-10)13-6-11-4-2-3-5-12(11)7-14(13)24(17(15)25)9-18(19,20)8-21/h6-7H,2-5,8-9,21H2,1H3,(H,22,23). The molecule has 0 fully saturated rings. The SMILES string of the molecule is Cc1[nH]nc2c1c(=O)n(CC(F)(F)CN)c1cc3c(cc21)CCCC3. The van der Waals surface area contributed by atoms with Crippen LogP contribution in [0.3, 0.4) is 0 Å². The summed E-state index contributed by atoms with van der Waals surface area (Å²) < 4.78 is 29.2. The van der Waals surface area contributed by atoms with E-state index in [2.05, 4.69) is 10.2 Å². The van der Waals surface area contributed by atoms with E-state index in [1.165, 1.54) is 10.1 Å². The molecule has 0 aliphatic heterocycles. The van der Waals surface area contributed by atoms with E-state index >= 15 is 0 Å². The molecule has 0 saturated heterocycles. The normalized spacial score (nSPS) is 15.0. The molecule has 25 heavy (non-hydrogen) atoms. The molecule has 4 rings (SSSR count). The van der Waals surface area contributed by atoms with Gasteiger partial charge in [0.05, 0.1) is 24.0 Å². The van der Waals surface area contributed by atoms with Crippen molar-refractivity contribution in [3.8, 4) is 0 Å². The highest BCUT2D eigenvalue weighted by atomic mass is 19.3. The van der Waals surface area contributed by atoms with Crippen molar-refractivity contribution in [1.82, 2.24) is 14.8 Å². The fourth-order valence-corrected chi connectivity index (χ4v) is 3.77. The summed E-state index contributed by atoms with van der Waals surface area (Å²) in [5.41, 5.74) is 8.76. The third-order valence-electron chi connectivity index (χ3n) is 5.10. The number of hydrogen-bond acceptors (Lipinski definition) is 3. The van der Waals surface area contributed by atoms with E-state index in [1.54, 1.807) is 6.92 Å². The summed E-state index contributed by atoms with van der Waals surface area (Å²) in [6.45, 7) is 0.207. The number of aromatic amines is 1. The summed E-state index contributed by atoms with van der Waals surface area (Å²) in [5.74, 6) is -3.14. The zero-order valence-corrected chi connectivity index (χ0v) is 14.0. The van der Waals surface area contributed by atoms with Crippen LogP contribution in [0, 0.1) is 6.92 Å². The lowest BCUT2D eigenvalue weighted by atomic mass is 9.90. The molecular formula is C18H20F2N4O. The Hall–Kier alpha value is -2.28. The average Bonchev–Trinajstić information content (AvgIpc) is 2.99. The lowest BCUT2D eigenvalue weighted by molar-refractivity contribution is -0.00624. The molecular weight excluding hydrogens is 326 g/mol. The summed E-state index contributed by atoms with van der Waals surface area (Å²) in [6.07, 6.45) is 4.07. The Morgan fingerprint density at radius 3 is 2.64 bits per heavy atom. The second-order valence-electron chi connectivity index (χ2n) is 6.87. The van der Waals surface area contributed by atoms with Crippen LogP contribution in [-0.4, -0.2) is 27.2 Å². The molecule has 2 heterocycles. The van der Waals surface area contributed by atoms with Crippen molar-refractivity contribution in [3.05, 3.63) is 39.3 Å². The summed E-state index contributed by atoms with van der Waals surface area (Å²) in [6, 6.07) is 3.91. The highest BCUT2D eigenvalue weighted by molar-refractivity contribution is 6.04. The van der Waals surface area contributed by atoms with Gasteiger partial charge in [0.2, 0.25) is 0 Å². The first kappa shape index (κ1) is 16.2. The lowest BCUT2D eigenvalue weighted by Gasteiger charge is -2.21. The van der Waals surface area contributed by atoms with Gasteiger partial charge < -0.3 is 10.3 Å². The molecule has 1 aliphatic rings. The van der Waals surface area contributed by atoms with Crippen LogP contribution in [0.2, 0.25) is 0 Å². The lowest BCUT2D eigenvalue weighted by Crippen LogP contribution is -2.37. The largest absolute Gasteiger partial charge is 0.325 e. The predicted octanol–water partition coefficient (Wildman–Crippen LogP) is 2.66. The molecule has 0 spiro atoms. The van der Waals surface area contributed by atoms with Gasteiger partial charge in [-0.05, 0) is 55.9 Å². The van der Waals surface area contributed by atoms with Gasteiger partial charge in [-0.15, -0.1) is 0 Å². The zero-order chi connectivity index (χ0) is 17.8. The van der Waals surface area contributed by atoms with E-state index in [0.29, 0.717) is 22.1 Å². The molecule has 1 aliphatic carbocycles. The number of H-pyrrole nitrogens is 1. The van der Waals surface area contributed by atoms with E-state index in [4.69, 9.17) is 5.73 Å². The number of halogens is 2. The van der Waals surface area contributed by atoms with Crippen LogP contribution in [0.1, 0.15) is 29.7 Å². The van der Waals surface area contributed by atoms with Gasteiger partial charge in [-0.25, -0.2) is 8.78 Å². The fraction of sp³-hybridized carbons (Fsp3) is 0.444. The molecule has 0 saturated carbocycles. The van der Waals surface area contributed by atoms with E-state index < -0.39 is 24.6 Å². The fourth-order valence-electron chi connectivity index (χ4n) is 3.77. The molecule has 0 bridgehead atoms. The summed E-state index contributed by atoms with van der Waals surface area (Å²) >= 11 is 0. The topological polar surface area (TPSA) is 76.7 Å². The Morgan fingerprint density at radius 2 is 1.96 bits per heavy atom. The van der Waals surface area contributed by atoms with E-state index in [9.17, 15) is 13.6 Å². The van der Waals surface area contributed by atoms with Crippen LogP contribution in [0.4, 0.5) is 8.78 Å². The number of fused-ring (bicyclic) bond motifs is 4. The van der Waals surface area contributed by atoms with Gasteiger partial charge in [-0.1, -0.05) is 0 Å². The molecule has 7 heteroatoms. The van der Waals surface area contributed by atoms with Gasteiger partial charge in [0, 0.05) is 11.1 Å². The first-order valence-corrected chi connectivity index (χ1v) is 8.52. The van der Waals surface area contributed by atoms with Crippen molar-refractivity contribution >= 4 is 21.8 Å². The monoisotopic (exact) mass is 346 g/mol. The van der Waals surface area contributed by atoms with Crippen LogP contribution in [0.15, 0.2) is 16.9 Å². The van der Waals surface area contributed by atoms with Gasteiger partial charge in [-0.3, -0.25) is 9.89 Å². The number of alkyl halides is 2. The van der Waals surface area contributed by atoms with E-state index in [0.717, 1.165) is 36.6 Å². The number of pyridine rings is 1. The highest BCUT2D eigenvalue weighted by Gasteiger charge is 2.30. The Morgan fingerprint density at radius 1 is 1.28 bits per heavy atom. The number of nitrogens with two attached hydrogens (primary N) is 1. The summed E-state index contributed by atoms with van der Waals surface area (Å²) in [4.78, 5) is 12.9. The minimum absolute atomic E-state index is 0.371. The second-order valence-corrected chi connectivity index (χ2v) is 6.87. The Kier molecular flexibility index (Phi) is 3.64. The average molecular weight is 346 g/mol. The first-order valence-electron chi connectivity index (χ1n) is 8.52. The highest BCUT2D eigenvalue weighted by Crippen LogP contribution is 2.31. The van der Waals surface area contributed by atoms with Crippen molar-refractivity contribution in [2.24, 2.45) is 5.73 Å². The number of nitrogens with zero attached hydrogens (tertiary/aromatic N) is 2. The molecule has 0 radical (unpaired) electrons. The quantitative estimate of drug-likeness (QED) is 0.765. The number of aromatic nitrogens is 3. The Bertz CT molecular complexity index is 1040. The molecule has 5 nitrogen and oxygen atoms in total. The number of benzene rings is 1. The van der Waals surface area contributed by atoms with Crippen molar-refractivity contribution in [1.29, 1.82) is 0 Å². The number of nitrogens with one attached hydrogen (secondary N) is 1.